The first-order chi connectivity index (χ1) is 7.24. The average molecular weight is 207 g/mol. The molecule has 0 amide bonds. The van der Waals surface area contributed by atoms with Crippen LogP contribution in [0.2, 0.25) is 0 Å². The van der Waals surface area contributed by atoms with E-state index in [1.165, 1.54) is 12.1 Å². The molecule has 3 heteroatoms. The number of carbonyl (C=O) groups is 1. The van der Waals surface area contributed by atoms with Crippen molar-refractivity contribution in [3.63, 3.8) is 0 Å². The fraction of sp³-hybridized carbons (Fsp3) is 0.583. The SMILES string of the molecule is CCOC(=O)c1c(C)cc2n1CCCC2. The third-order valence-electron chi connectivity index (χ3n) is 2.91. The molecule has 0 fully saturated rings. The second-order valence-corrected chi connectivity index (χ2v) is 4.00. The van der Waals surface area contributed by atoms with Crippen molar-refractivity contribution < 1.29 is 9.53 Å². The Morgan fingerprint density at radius 3 is 3.07 bits per heavy atom. The molecule has 2 heterocycles. The van der Waals surface area contributed by atoms with Gasteiger partial charge < -0.3 is 9.30 Å². The van der Waals surface area contributed by atoms with E-state index in [1.54, 1.807) is 0 Å². The van der Waals surface area contributed by atoms with Crippen molar-refractivity contribution in [3.8, 4) is 0 Å². The largest absolute Gasteiger partial charge is 0.461 e. The van der Waals surface area contributed by atoms with Gasteiger partial charge in [-0.05, 0) is 44.7 Å². The number of nitrogens with zero attached hydrogens (tertiary/aromatic N) is 1. The summed E-state index contributed by atoms with van der Waals surface area (Å²) < 4.78 is 7.20. The first-order valence-corrected chi connectivity index (χ1v) is 5.60. The highest BCUT2D eigenvalue weighted by Gasteiger charge is 2.21. The Balaban J connectivity index is 2.37. The van der Waals surface area contributed by atoms with Crippen LogP contribution in [0.3, 0.4) is 0 Å². The van der Waals surface area contributed by atoms with Crippen molar-refractivity contribution >= 4 is 5.97 Å². The minimum atomic E-state index is -0.178. The maximum atomic E-state index is 11.8. The molecule has 0 aliphatic carbocycles. The predicted octanol–water partition coefficient (Wildman–Crippen LogP) is 2.31. The van der Waals surface area contributed by atoms with E-state index in [-0.39, 0.29) is 5.97 Å². The van der Waals surface area contributed by atoms with Gasteiger partial charge in [0.2, 0.25) is 0 Å². The fourth-order valence-electron chi connectivity index (χ4n) is 2.26. The summed E-state index contributed by atoms with van der Waals surface area (Å²) in [6.45, 7) is 5.22. The molecular formula is C12H17NO2. The Labute approximate surface area is 90.0 Å². The summed E-state index contributed by atoms with van der Waals surface area (Å²) in [5.41, 5.74) is 3.08. The number of aryl methyl sites for hydroxylation is 2. The molecule has 0 saturated heterocycles. The Hall–Kier alpha value is -1.25. The molecule has 0 radical (unpaired) electrons. The van der Waals surface area contributed by atoms with E-state index in [1.807, 2.05) is 13.8 Å². The molecule has 0 N–H and O–H groups in total. The first-order valence-electron chi connectivity index (χ1n) is 5.60. The zero-order valence-corrected chi connectivity index (χ0v) is 9.38. The number of ether oxygens (including phenoxy) is 1. The van der Waals surface area contributed by atoms with Gasteiger partial charge in [0.1, 0.15) is 5.69 Å². The molecule has 0 bridgehead atoms. The van der Waals surface area contributed by atoms with E-state index >= 15 is 0 Å². The summed E-state index contributed by atoms with van der Waals surface area (Å²) in [7, 11) is 0. The Morgan fingerprint density at radius 1 is 1.53 bits per heavy atom. The van der Waals surface area contributed by atoms with E-state index in [9.17, 15) is 4.79 Å². The molecule has 2 rings (SSSR count). The second-order valence-electron chi connectivity index (χ2n) is 4.00. The van der Waals surface area contributed by atoms with Crippen molar-refractivity contribution in [2.75, 3.05) is 6.61 Å². The van der Waals surface area contributed by atoms with Crippen LogP contribution in [0, 0.1) is 6.92 Å². The van der Waals surface area contributed by atoms with Crippen LogP contribution in [0.15, 0.2) is 6.07 Å². The van der Waals surface area contributed by atoms with Crippen LogP contribution in [0.5, 0.6) is 0 Å². The zero-order valence-electron chi connectivity index (χ0n) is 9.38. The van der Waals surface area contributed by atoms with Gasteiger partial charge in [0, 0.05) is 12.2 Å². The summed E-state index contributed by atoms with van der Waals surface area (Å²) >= 11 is 0. The highest BCUT2D eigenvalue weighted by atomic mass is 16.5. The van der Waals surface area contributed by atoms with Gasteiger partial charge in [0.25, 0.3) is 0 Å². The molecule has 0 saturated carbocycles. The molecule has 1 aliphatic rings. The molecule has 0 atom stereocenters. The van der Waals surface area contributed by atoms with Crippen LogP contribution < -0.4 is 0 Å². The topological polar surface area (TPSA) is 31.2 Å². The van der Waals surface area contributed by atoms with Gasteiger partial charge in [-0.25, -0.2) is 4.79 Å². The van der Waals surface area contributed by atoms with E-state index in [0.29, 0.717) is 6.61 Å². The lowest BCUT2D eigenvalue weighted by molar-refractivity contribution is 0.0511. The summed E-state index contributed by atoms with van der Waals surface area (Å²) in [6, 6.07) is 2.12. The summed E-state index contributed by atoms with van der Waals surface area (Å²) in [4.78, 5) is 11.8. The van der Waals surface area contributed by atoms with Crippen LogP contribution in [-0.4, -0.2) is 17.1 Å². The molecular weight excluding hydrogens is 190 g/mol. The van der Waals surface area contributed by atoms with E-state index in [4.69, 9.17) is 4.74 Å². The second kappa shape index (κ2) is 4.09. The normalized spacial score (nSPS) is 14.8. The van der Waals surface area contributed by atoms with Crippen LogP contribution in [-0.2, 0) is 17.7 Å². The van der Waals surface area contributed by atoms with Crippen LogP contribution in [0.25, 0.3) is 0 Å². The number of hydrogen-bond acceptors (Lipinski definition) is 2. The highest BCUT2D eigenvalue weighted by Crippen LogP contribution is 2.23. The van der Waals surface area contributed by atoms with Crippen LogP contribution in [0.4, 0.5) is 0 Å². The van der Waals surface area contributed by atoms with Crippen molar-refractivity contribution in [2.24, 2.45) is 0 Å². The minimum absolute atomic E-state index is 0.178. The van der Waals surface area contributed by atoms with Gasteiger partial charge in [-0.2, -0.15) is 0 Å². The minimum Gasteiger partial charge on any atom is -0.461 e. The number of hydrogen-bond donors (Lipinski definition) is 0. The predicted molar refractivity (Wildman–Crippen MR) is 58.1 cm³/mol. The smallest absolute Gasteiger partial charge is 0.355 e. The van der Waals surface area contributed by atoms with Gasteiger partial charge in [-0.3, -0.25) is 0 Å². The van der Waals surface area contributed by atoms with Gasteiger partial charge in [-0.1, -0.05) is 0 Å². The van der Waals surface area contributed by atoms with Gasteiger partial charge >= 0.3 is 5.97 Å². The fourth-order valence-corrected chi connectivity index (χ4v) is 2.26. The zero-order chi connectivity index (χ0) is 10.8. The average Bonchev–Trinajstić information content (AvgIpc) is 2.54. The lowest BCUT2D eigenvalue weighted by Gasteiger charge is -2.17. The number of carbonyl (C=O) groups excluding carboxylic acids is 1. The molecule has 15 heavy (non-hydrogen) atoms. The quantitative estimate of drug-likeness (QED) is 0.697. The van der Waals surface area contributed by atoms with Crippen molar-refractivity contribution in [1.29, 1.82) is 0 Å². The van der Waals surface area contributed by atoms with E-state index in [0.717, 1.165) is 30.6 Å². The molecule has 3 nitrogen and oxygen atoms in total. The van der Waals surface area contributed by atoms with Crippen molar-refractivity contribution in [3.05, 3.63) is 23.0 Å². The van der Waals surface area contributed by atoms with Crippen molar-refractivity contribution in [2.45, 2.75) is 39.7 Å². The highest BCUT2D eigenvalue weighted by molar-refractivity contribution is 5.89. The number of fused-ring (bicyclic) bond motifs is 1. The lowest BCUT2D eigenvalue weighted by atomic mass is 10.1. The Bertz CT molecular complexity index is 379. The van der Waals surface area contributed by atoms with Crippen LogP contribution in [0.1, 0.15) is 41.5 Å². The Kier molecular flexibility index (Phi) is 2.80. The number of aromatic nitrogens is 1. The monoisotopic (exact) mass is 207 g/mol. The summed E-state index contributed by atoms with van der Waals surface area (Å²) in [6.07, 6.45) is 3.47. The summed E-state index contributed by atoms with van der Waals surface area (Å²) in [5.74, 6) is -0.178. The molecule has 1 aromatic rings. The molecule has 1 aromatic heterocycles. The lowest BCUT2D eigenvalue weighted by Crippen LogP contribution is -2.17. The van der Waals surface area contributed by atoms with Gasteiger partial charge in [0.05, 0.1) is 6.61 Å². The van der Waals surface area contributed by atoms with Gasteiger partial charge in [0.15, 0.2) is 0 Å². The molecule has 82 valence electrons. The van der Waals surface area contributed by atoms with E-state index in [2.05, 4.69) is 10.6 Å². The summed E-state index contributed by atoms with van der Waals surface area (Å²) in [5, 5.41) is 0. The molecule has 0 aromatic carbocycles. The van der Waals surface area contributed by atoms with Gasteiger partial charge in [-0.15, -0.1) is 0 Å². The van der Waals surface area contributed by atoms with Crippen LogP contribution >= 0.6 is 0 Å². The number of esters is 1. The third kappa shape index (κ3) is 1.78. The van der Waals surface area contributed by atoms with E-state index < -0.39 is 0 Å². The third-order valence-corrected chi connectivity index (χ3v) is 2.91. The van der Waals surface area contributed by atoms with Crippen molar-refractivity contribution in [1.82, 2.24) is 4.57 Å². The Morgan fingerprint density at radius 2 is 2.33 bits per heavy atom. The molecule has 0 spiro atoms. The first kappa shape index (κ1) is 10.3. The molecule has 0 unspecified atom stereocenters. The maximum Gasteiger partial charge on any atom is 0.355 e. The maximum absolute atomic E-state index is 11.8. The number of rotatable bonds is 2. The standard InChI is InChI=1S/C12H17NO2/c1-3-15-12(14)11-9(2)8-10-6-4-5-7-13(10)11/h8H,3-7H2,1-2H3. The molecule has 1 aliphatic heterocycles.